The van der Waals surface area contributed by atoms with Crippen molar-refractivity contribution in [3.63, 3.8) is 0 Å². The Kier molecular flexibility index (Phi) is 6.70. The van der Waals surface area contributed by atoms with E-state index in [1.807, 2.05) is 9.80 Å². The molecule has 2 aliphatic heterocycles. The van der Waals surface area contributed by atoms with E-state index in [0.717, 1.165) is 38.6 Å². The van der Waals surface area contributed by atoms with Gasteiger partial charge in [-0.3, -0.25) is 9.59 Å². The van der Waals surface area contributed by atoms with Crippen molar-refractivity contribution in [2.24, 2.45) is 0 Å². The van der Waals surface area contributed by atoms with E-state index in [-0.39, 0.29) is 11.8 Å². The molecule has 26 heavy (non-hydrogen) atoms. The third-order valence-electron chi connectivity index (χ3n) is 5.82. The van der Waals surface area contributed by atoms with Gasteiger partial charge in [0, 0.05) is 52.4 Å². The summed E-state index contributed by atoms with van der Waals surface area (Å²) in [6, 6.07) is 0. The maximum atomic E-state index is 12.5. The third-order valence-corrected chi connectivity index (χ3v) is 5.82. The minimum Gasteiger partial charge on any atom is -0.347 e. The van der Waals surface area contributed by atoms with E-state index in [4.69, 9.17) is 9.47 Å². The zero-order chi connectivity index (χ0) is 18.4. The lowest BCUT2D eigenvalue weighted by molar-refractivity contribution is -0.187. The number of amides is 2. The zero-order valence-corrected chi connectivity index (χ0v) is 16.0. The smallest absolute Gasteiger partial charge is 0.224 e. The molecular formula is C20H32N2O4. The molecular weight excluding hydrogens is 332 g/mol. The Bertz CT molecular complexity index is 530. The molecule has 0 saturated carbocycles. The normalized spacial score (nSPS) is 22.3. The number of carbonyl (C=O) groups excluding carboxylic acids is 2. The van der Waals surface area contributed by atoms with Crippen LogP contribution in [0.25, 0.3) is 0 Å². The van der Waals surface area contributed by atoms with Gasteiger partial charge in [0.2, 0.25) is 11.8 Å². The van der Waals surface area contributed by atoms with Gasteiger partial charge >= 0.3 is 0 Å². The Balaban J connectivity index is 1.41. The molecule has 146 valence electrons. The van der Waals surface area contributed by atoms with Crippen molar-refractivity contribution in [1.29, 1.82) is 0 Å². The molecule has 0 aromatic carbocycles. The summed E-state index contributed by atoms with van der Waals surface area (Å²) in [6.07, 6.45) is 10.00. The molecule has 0 atom stereocenters. The van der Waals surface area contributed by atoms with Crippen LogP contribution in [0.2, 0.25) is 0 Å². The Hall–Kier alpha value is -1.40. The molecule has 1 aliphatic carbocycles. The molecule has 0 radical (unpaired) electrons. The SMILES string of the molecule is CC(=O)N(CCC(=O)N1CCC2(CC1)OCCO2)CCC1=CCCCC1. The number of hydrogen-bond acceptors (Lipinski definition) is 4. The van der Waals surface area contributed by atoms with Crippen molar-refractivity contribution in [1.82, 2.24) is 9.80 Å². The first-order valence-electron chi connectivity index (χ1n) is 10.1. The van der Waals surface area contributed by atoms with E-state index >= 15 is 0 Å². The number of piperidine rings is 1. The molecule has 6 heteroatoms. The summed E-state index contributed by atoms with van der Waals surface area (Å²) in [7, 11) is 0. The van der Waals surface area contributed by atoms with Crippen LogP contribution in [-0.4, -0.2) is 66.8 Å². The second kappa shape index (κ2) is 9.00. The zero-order valence-electron chi connectivity index (χ0n) is 16.0. The molecule has 0 unspecified atom stereocenters. The van der Waals surface area contributed by atoms with E-state index in [2.05, 4.69) is 6.08 Å². The molecule has 1 spiro atoms. The molecule has 3 aliphatic rings. The highest BCUT2D eigenvalue weighted by atomic mass is 16.7. The second-order valence-corrected chi connectivity index (χ2v) is 7.60. The molecule has 6 nitrogen and oxygen atoms in total. The van der Waals surface area contributed by atoms with Gasteiger partial charge < -0.3 is 19.3 Å². The van der Waals surface area contributed by atoms with Crippen LogP contribution in [-0.2, 0) is 19.1 Å². The van der Waals surface area contributed by atoms with Crippen LogP contribution in [0.1, 0.15) is 58.3 Å². The summed E-state index contributed by atoms with van der Waals surface area (Å²) in [5.41, 5.74) is 1.46. The molecule has 2 fully saturated rings. The monoisotopic (exact) mass is 364 g/mol. The standard InChI is InChI=1S/C20H32N2O4/c1-17(23)21(11-7-18-5-3-2-4-6-18)12-8-19(24)22-13-9-20(10-14-22)25-15-16-26-20/h5H,2-4,6-16H2,1H3. The van der Waals surface area contributed by atoms with Crippen LogP contribution in [0.4, 0.5) is 0 Å². The predicted octanol–water partition coefficient (Wildman–Crippen LogP) is 2.48. The highest BCUT2D eigenvalue weighted by molar-refractivity contribution is 5.78. The predicted molar refractivity (Wildman–Crippen MR) is 98.5 cm³/mol. The lowest BCUT2D eigenvalue weighted by atomic mass is 9.97. The molecule has 3 rings (SSSR count). The Morgan fingerprint density at radius 2 is 1.88 bits per heavy atom. The van der Waals surface area contributed by atoms with Gasteiger partial charge in [-0.05, 0) is 32.1 Å². The number of hydrogen-bond donors (Lipinski definition) is 0. The van der Waals surface area contributed by atoms with Gasteiger partial charge in [-0.25, -0.2) is 0 Å². The van der Waals surface area contributed by atoms with Crippen molar-refractivity contribution >= 4 is 11.8 Å². The summed E-state index contributed by atoms with van der Waals surface area (Å²) in [5.74, 6) is -0.267. The van der Waals surface area contributed by atoms with Crippen molar-refractivity contribution < 1.29 is 19.1 Å². The maximum absolute atomic E-state index is 12.5. The molecule has 2 heterocycles. The van der Waals surface area contributed by atoms with Crippen LogP contribution in [0.15, 0.2) is 11.6 Å². The first-order chi connectivity index (χ1) is 12.6. The fourth-order valence-electron chi connectivity index (χ4n) is 4.11. The third kappa shape index (κ3) is 5.07. The van der Waals surface area contributed by atoms with E-state index < -0.39 is 5.79 Å². The number of likely N-dealkylation sites (tertiary alicyclic amines) is 1. The van der Waals surface area contributed by atoms with E-state index in [1.165, 1.54) is 18.4 Å². The van der Waals surface area contributed by atoms with Crippen LogP contribution in [0.5, 0.6) is 0 Å². The number of nitrogens with zero attached hydrogens (tertiary/aromatic N) is 2. The minimum atomic E-state index is -0.448. The number of rotatable bonds is 6. The quantitative estimate of drug-likeness (QED) is 0.680. The number of ether oxygens (including phenoxy) is 2. The lowest BCUT2D eigenvalue weighted by Crippen LogP contribution is -2.48. The summed E-state index contributed by atoms with van der Waals surface area (Å²) in [5, 5.41) is 0. The Morgan fingerprint density at radius 3 is 2.50 bits per heavy atom. The van der Waals surface area contributed by atoms with Crippen LogP contribution >= 0.6 is 0 Å². The molecule has 2 saturated heterocycles. The summed E-state index contributed by atoms with van der Waals surface area (Å²) in [6.45, 7) is 5.47. The van der Waals surface area contributed by atoms with Crippen LogP contribution in [0, 0.1) is 0 Å². The molecule has 2 amide bonds. The van der Waals surface area contributed by atoms with Gasteiger partial charge in [0.1, 0.15) is 0 Å². The molecule has 0 aromatic heterocycles. The average molecular weight is 364 g/mol. The number of allylic oxidation sites excluding steroid dienone is 1. The second-order valence-electron chi connectivity index (χ2n) is 7.60. The summed E-state index contributed by atoms with van der Waals surface area (Å²) in [4.78, 5) is 28.2. The Labute approximate surface area is 156 Å². The fraction of sp³-hybridized carbons (Fsp3) is 0.800. The maximum Gasteiger partial charge on any atom is 0.224 e. The topological polar surface area (TPSA) is 59.1 Å². The van der Waals surface area contributed by atoms with Gasteiger partial charge in [-0.15, -0.1) is 0 Å². The van der Waals surface area contributed by atoms with Gasteiger partial charge in [0.25, 0.3) is 0 Å². The first kappa shape index (κ1) is 19.4. The van der Waals surface area contributed by atoms with E-state index in [1.54, 1.807) is 6.92 Å². The van der Waals surface area contributed by atoms with Crippen LogP contribution in [0.3, 0.4) is 0 Å². The van der Waals surface area contributed by atoms with Crippen molar-refractivity contribution in [2.45, 2.75) is 64.1 Å². The molecule has 0 bridgehead atoms. The van der Waals surface area contributed by atoms with Gasteiger partial charge in [0.05, 0.1) is 13.2 Å². The summed E-state index contributed by atoms with van der Waals surface area (Å²) >= 11 is 0. The Morgan fingerprint density at radius 1 is 1.15 bits per heavy atom. The highest BCUT2D eigenvalue weighted by Crippen LogP contribution is 2.31. The van der Waals surface area contributed by atoms with Gasteiger partial charge in [0.15, 0.2) is 5.79 Å². The van der Waals surface area contributed by atoms with Crippen molar-refractivity contribution in [3.05, 3.63) is 11.6 Å². The fourth-order valence-corrected chi connectivity index (χ4v) is 4.11. The van der Waals surface area contributed by atoms with Crippen LogP contribution < -0.4 is 0 Å². The number of carbonyl (C=O) groups is 2. The lowest BCUT2D eigenvalue weighted by Gasteiger charge is -2.37. The van der Waals surface area contributed by atoms with Crippen molar-refractivity contribution in [2.75, 3.05) is 39.4 Å². The van der Waals surface area contributed by atoms with Crippen molar-refractivity contribution in [3.8, 4) is 0 Å². The van der Waals surface area contributed by atoms with E-state index in [0.29, 0.717) is 39.3 Å². The van der Waals surface area contributed by atoms with Gasteiger partial charge in [-0.2, -0.15) is 0 Å². The average Bonchev–Trinajstić information content (AvgIpc) is 3.10. The minimum absolute atomic E-state index is 0.0552. The highest BCUT2D eigenvalue weighted by Gasteiger charge is 2.40. The van der Waals surface area contributed by atoms with E-state index in [9.17, 15) is 9.59 Å². The summed E-state index contributed by atoms with van der Waals surface area (Å²) < 4.78 is 11.4. The first-order valence-corrected chi connectivity index (χ1v) is 10.1. The molecule has 0 aromatic rings. The van der Waals surface area contributed by atoms with Gasteiger partial charge in [-0.1, -0.05) is 11.6 Å². The largest absolute Gasteiger partial charge is 0.347 e. The molecule has 0 N–H and O–H groups in total.